The zero-order valence-electron chi connectivity index (χ0n) is 18.2. The molecule has 0 radical (unpaired) electrons. The predicted octanol–water partition coefficient (Wildman–Crippen LogP) is 4.40. The van der Waals surface area contributed by atoms with Gasteiger partial charge in [0.2, 0.25) is 5.89 Å². The summed E-state index contributed by atoms with van der Waals surface area (Å²) < 4.78 is 11.9. The molecule has 28 heavy (non-hydrogen) atoms. The summed E-state index contributed by atoms with van der Waals surface area (Å²) in [4.78, 5) is 9.05. The molecular weight excluding hydrogens is 352 g/mol. The van der Waals surface area contributed by atoms with Crippen LogP contribution in [0.5, 0.6) is 5.75 Å². The number of rotatable bonds is 6. The van der Waals surface area contributed by atoms with Crippen molar-refractivity contribution in [1.29, 1.82) is 0 Å². The number of benzene rings is 1. The van der Waals surface area contributed by atoms with Gasteiger partial charge in [-0.3, -0.25) is 0 Å². The Balaban J connectivity index is 2.06. The first-order valence-corrected chi connectivity index (χ1v) is 9.83. The van der Waals surface area contributed by atoms with Crippen LogP contribution in [-0.2, 0) is 18.5 Å². The van der Waals surface area contributed by atoms with Crippen LogP contribution in [0, 0.1) is 0 Å². The van der Waals surface area contributed by atoms with Gasteiger partial charge in [0.15, 0.2) is 5.96 Å². The fraction of sp³-hybridized carbons (Fsp3) is 0.545. The summed E-state index contributed by atoms with van der Waals surface area (Å²) in [6.45, 7) is 16.2. The molecule has 0 saturated carbocycles. The Morgan fingerprint density at radius 3 is 2.43 bits per heavy atom. The van der Waals surface area contributed by atoms with Crippen LogP contribution >= 0.6 is 0 Å². The average Bonchev–Trinajstić information content (AvgIpc) is 3.06. The van der Waals surface area contributed by atoms with Crippen molar-refractivity contribution in [3.8, 4) is 5.75 Å². The number of hydrogen-bond donors (Lipinski definition) is 2. The lowest BCUT2D eigenvalue weighted by Gasteiger charge is -2.23. The van der Waals surface area contributed by atoms with E-state index in [0.717, 1.165) is 23.6 Å². The fourth-order valence-corrected chi connectivity index (χ4v) is 2.47. The van der Waals surface area contributed by atoms with Crippen LogP contribution in [0.2, 0.25) is 0 Å². The maximum atomic E-state index is 6.05. The van der Waals surface area contributed by atoms with E-state index < -0.39 is 0 Å². The molecule has 1 heterocycles. The third-order valence-corrected chi connectivity index (χ3v) is 3.84. The van der Waals surface area contributed by atoms with Crippen molar-refractivity contribution in [1.82, 2.24) is 15.6 Å². The number of aromatic nitrogens is 1. The first kappa shape index (κ1) is 21.8. The molecule has 6 nitrogen and oxygen atoms in total. The van der Waals surface area contributed by atoms with Gasteiger partial charge in [-0.25, -0.2) is 9.98 Å². The Morgan fingerprint density at radius 2 is 1.82 bits per heavy atom. The molecule has 0 aliphatic rings. The van der Waals surface area contributed by atoms with Crippen LogP contribution in [0.25, 0.3) is 0 Å². The zero-order valence-corrected chi connectivity index (χ0v) is 18.2. The van der Waals surface area contributed by atoms with Crippen molar-refractivity contribution in [2.45, 2.75) is 72.6 Å². The minimum Gasteiger partial charge on any atom is -0.488 e. The first-order chi connectivity index (χ1) is 13.1. The van der Waals surface area contributed by atoms with Crippen molar-refractivity contribution < 1.29 is 9.15 Å². The van der Waals surface area contributed by atoms with Gasteiger partial charge in [0.1, 0.15) is 17.1 Å². The van der Waals surface area contributed by atoms with E-state index in [1.165, 1.54) is 0 Å². The van der Waals surface area contributed by atoms with Crippen LogP contribution in [-0.4, -0.2) is 23.1 Å². The lowest BCUT2D eigenvalue weighted by molar-refractivity contribution is 0.129. The SMILES string of the molecule is CCNC(=NCc1ccccc1OC(C)(C)C)NCc1ncc(C(C)(C)C)o1. The smallest absolute Gasteiger partial charge is 0.213 e. The van der Waals surface area contributed by atoms with Gasteiger partial charge >= 0.3 is 0 Å². The molecule has 6 heteroatoms. The highest BCUT2D eigenvalue weighted by Gasteiger charge is 2.19. The molecule has 0 saturated heterocycles. The molecule has 2 N–H and O–H groups in total. The normalized spacial score (nSPS) is 12.8. The largest absolute Gasteiger partial charge is 0.488 e. The standard InChI is InChI=1S/C22H34N4O2/c1-8-23-20(26-15-19-24-14-18(27-19)21(2,3)4)25-13-16-11-9-10-12-17(16)28-22(5,6)7/h9-12,14H,8,13,15H2,1-7H3,(H2,23,25,26). The Labute approximate surface area is 168 Å². The van der Waals surface area contributed by atoms with E-state index in [-0.39, 0.29) is 11.0 Å². The third kappa shape index (κ3) is 6.91. The van der Waals surface area contributed by atoms with Gasteiger partial charge < -0.3 is 19.8 Å². The minimum absolute atomic E-state index is 0.0550. The summed E-state index contributed by atoms with van der Waals surface area (Å²) in [6.07, 6.45) is 1.79. The molecule has 0 unspecified atom stereocenters. The van der Waals surface area contributed by atoms with Crippen molar-refractivity contribution >= 4 is 5.96 Å². The van der Waals surface area contributed by atoms with E-state index >= 15 is 0 Å². The topological polar surface area (TPSA) is 71.7 Å². The Morgan fingerprint density at radius 1 is 1.11 bits per heavy atom. The molecule has 1 aromatic heterocycles. The lowest BCUT2D eigenvalue weighted by Crippen LogP contribution is -2.36. The number of ether oxygens (including phenoxy) is 1. The van der Waals surface area contributed by atoms with Gasteiger partial charge in [-0.2, -0.15) is 0 Å². The number of para-hydroxylation sites is 1. The number of nitrogens with one attached hydrogen (secondary N) is 2. The summed E-state index contributed by atoms with van der Waals surface area (Å²) in [7, 11) is 0. The van der Waals surface area contributed by atoms with E-state index in [9.17, 15) is 0 Å². The minimum atomic E-state index is -0.252. The van der Waals surface area contributed by atoms with E-state index in [1.54, 1.807) is 6.20 Å². The summed E-state index contributed by atoms with van der Waals surface area (Å²) in [5, 5.41) is 6.54. The Kier molecular flexibility index (Phi) is 7.11. The lowest BCUT2D eigenvalue weighted by atomic mass is 9.94. The molecule has 1 aromatic carbocycles. The third-order valence-electron chi connectivity index (χ3n) is 3.84. The maximum Gasteiger partial charge on any atom is 0.213 e. The number of aliphatic imine (C=N–C) groups is 1. The summed E-state index contributed by atoms with van der Waals surface area (Å²) >= 11 is 0. The molecule has 154 valence electrons. The number of oxazole rings is 1. The molecule has 2 aromatic rings. The van der Waals surface area contributed by atoms with Gasteiger partial charge in [-0.1, -0.05) is 39.0 Å². The highest BCUT2D eigenvalue weighted by molar-refractivity contribution is 5.79. The highest BCUT2D eigenvalue weighted by atomic mass is 16.5. The highest BCUT2D eigenvalue weighted by Crippen LogP contribution is 2.24. The van der Waals surface area contributed by atoms with Crippen molar-refractivity contribution in [3.05, 3.63) is 47.7 Å². The Hall–Kier alpha value is -2.50. The molecule has 2 rings (SSSR count). The summed E-state index contributed by atoms with van der Waals surface area (Å²) in [6, 6.07) is 8.00. The molecule has 0 aliphatic carbocycles. The van der Waals surface area contributed by atoms with Gasteiger partial charge in [0.25, 0.3) is 0 Å². The maximum absolute atomic E-state index is 6.05. The number of guanidine groups is 1. The molecule has 0 atom stereocenters. The van der Waals surface area contributed by atoms with E-state index in [0.29, 0.717) is 24.9 Å². The van der Waals surface area contributed by atoms with Gasteiger partial charge in [-0.05, 0) is 33.8 Å². The molecule has 0 amide bonds. The predicted molar refractivity (Wildman–Crippen MR) is 114 cm³/mol. The van der Waals surface area contributed by atoms with E-state index in [4.69, 9.17) is 9.15 Å². The van der Waals surface area contributed by atoms with Crippen molar-refractivity contribution in [2.24, 2.45) is 4.99 Å². The van der Waals surface area contributed by atoms with Crippen LogP contribution in [0.4, 0.5) is 0 Å². The molecular formula is C22H34N4O2. The molecule has 0 spiro atoms. The second kappa shape index (κ2) is 9.13. The van der Waals surface area contributed by atoms with E-state index in [2.05, 4.69) is 41.4 Å². The number of hydrogen-bond acceptors (Lipinski definition) is 4. The van der Waals surface area contributed by atoms with Crippen molar-refractivity contribution in [2.75, 3.05) is 6.54 Å². The van der Waals surface area contributed by atoms with Crippen LogP contribution < -0.4 is 15.4 Å². The second-order valence-electron chi connectivity index (χ2n) is 8.74. The van der Waals surface area contributed by atoms with Gasteiger partial charge in [-0.15, -0.1) is 0 Å². The quantitative estimate of drug-likeness (QED) is 0.568. The monoisotopic (exact) mass is 386 g/mol. The second-order valence-corrected chi connectivity index (χ2v) is 8.74. The molecule has 0 fully saturated rings. The van der Waals surface area contributed by atoms with Crippen LogP contribution in [0.1, 0.15) is 65.7 Å². The van der Waals surface area contributed by atoms with Gasteiger partial charge in [0, 0.05) is 17.5 Å². The zero-order chi connectivity index (χ0) is 20.8. The van der Waals surface area contributed by atoms with Crippen molar-refractivity contribution in [3.63, 3.8) is 0 Å². The fourth-order valence-electron chi connectivity index (χ4n) is 2.47. The van der Waals surface area contributed by atoms with Gasteiger partial charge in [0.05, 0.1) is 19.3 Å². The number of nitrogens with zero attached hydrogens (tertiary/aromatic N) is 2. The van der Waals surface area contributed by atoms with Crippen LogP contribution in [0.15, 0.2) is 39.9 Å². The Bertz CT molecular complexity index is 782. The van der Waals surface area contributed by atoms with Crippen LogP contribution in [0.3, 0.4) is 0 Å². The van der Waals surface area contributed by atoms with E-state index in [1.807, 2.05) is 52.0 Å². The summed E-state index contributed by atoms with van der Waals surface area (Å²) in [5.74, 6) is 3.09. The molecule has 0 bridgehead atoms. The first-order valence-electron chi connectivity index (χ1n) is 9.83. The average molecular weight is 387 g/mol. The molecule has 0 aliphatic heterocycles. The summed E-state index contributed by atoms with van der Waals surface area (Å²) in [5.41, 5.74) is 0.736.